The summed E-state index contributed by atoms with van der Waals surface area (Å²) in [5.74, 6) is -3.00. The van der Waals surface area contributed by atoms with Crippen molar-refractivity contribution in [2.24, 2.45) is 0 Å². The molecule has 0 aliphatic heterocycles. The molecule has 0 bridgehead atoms. The Kier molecular flexibility index (Phi) is 4.60. The topological polar surface area (TPSA) is 74.6 Å². The van der Waals surface area contributed by atoms with Gasteiger partial charge in [-0.2, -0.15) is 0 Å². The van der Waals surface area contributed by atoms with Crippen molar-refractivity contribution in [1.82, 2.24) is 0 Å². The molecule has 4 nitrogen and oxygen atoms in total. The predicted molar refractivity (Wildman–Crippen MR) is 77.6 cm³/mol. The molecule has 0 aliphatic rings. The van der Waals surface area contributed by atoms with Crippen molar-refractivity contribution < 1.29 is 19.8 Å². The van der Waals surface area contributed by atoms with Crippen molar-refractivity contribution in [2.75, 3.05) is 0 Å². The zero-order chi connectivity index (χ0) is 14.5. The Balaban J connectivity index is 2.23. The van der Waals surface area contributed by atoms with Gasteiger partial charge in [0.15, 0.2) is 0 Å². The summed E-state index contributed by atoms with van der Waals surface area (Å²) in [6, 6.07) is 11.3. The van der Waals surface area contributed by atoms with E-state index in [9.17, 15) is 9.59 Å². The first-order chi connectivity index (χ1) is 9.58. The van der Waals surface area contributed by atoms with Crippen LogP contribution < -0.4 is 0 Å². The molecule has 0 radical (unpaired) electrons. The minimum atomic E-state index is -1.52. The monoisotopic (exact) mass is 306 g/mol. The molecule has 20 heavy (non-hydrogen) atoms. The van der Waals surface area contributed by atoms with E-state index in [1.54, 1.807) is 11.4 Å². The van der Waals surface area contributed by atoms with Crippen LogP contribution in [0.2, 0.25) is 0 Å². The molecule has 102 valence electrons. The first kappa shape index (κ1) is 14.4. The third-order valence-corrected chi connectivity index (χ3v) is 4.44. The van der Waals surface area contributed by atoms with E-state index < -0.39 is 17.5 Å². The molecule has 0 saturated heterocycles. The molecule has 0 spiro atoms. The number of carbonyl (C=O) groups is 2. The Morgan fingerprint density at radius 2 is 1.80 bits per heavy atom. The maximum atomic E-state index is 11.9. The summed E-state index contributed by atoms with van der Waals surface area (Å²) in [7, 11) is 0. The zero-order valence-corrected chi connectivity index (χ0v) is 11.8. The van der Waals surface area contributed by atoms with E-state index in [0.717, 1.165) is 15.9 Å². The van der Waals surface area contributed by atoms with Gasteiger partial charge in [0.1, 0.15) is 0 Å². The van der Waals surface area contributed by atoms with E-state index in [1.807, 2.05) is 30.3 Å². The highest BCUT2D eigenvalue weighted by atomic mass is 32.2. The number of aliphatic carboxylic acids is 1. The van der Waals surface area contributed by atoms with Gasteiger partial charge in [0.25, 0.3) is 0 Å². The summed E-state index contributed by atoms with van der Waals surface area (Å²) >= 11 is 2.63. The lowest BCUT2D eigenvalue weighted by Gasteiger charge is -2.01. The number of hydrogen-bond acceptors (Lipinski definition) is 5. The minimum absolute atomic E-state index is 0.409. The summed E-state index contributed by atoms with van der Waals surface area (Å²) in [6.07, 6.45) is 0.725. The number of carboxylic acid groups (broad SMARTS) is 1. The molecule has 0 atom stereocenters. The van der Waals surface area contributed by atoms with Crippen molar-refractivity contribution in [3.05, 3.63) is 58.5 Å². The predicted octanol–water partition coefficient (Wildman–Crippen LogP) is 3.61. The summed E-state index contributed by atoms with van der Waals surface area (Å²) < 4.78 is 0. The second-order valence-corrected chi connectivity index (χ2v) is 5.76. The smallest absolute Gasteiger partial charge is 0.371 e. The molecular formula is C14H10O4S2. The molecule has 0 aliphatic carbocycles. The van der Waals surface area contributed by atoms with Gasteiger partial charge in [-0.15, -0.1) is 11.3 Å². The second-order valence-electron chi connectivity index (χ2n) is 3.73. The molecule has 1 aromatic heterocycles. The van der Waals surface area contributed by atoms with Crippen LogP contribution in [0.25, 0.3) is 0 Å². The standard InChI is InChI=1S/C14H10O4S2/c15-10(8-11(16)14(17)18)13-12(6-7-19-13)20-9-4-2-1-3-5-9/h1-8,16H,(H,17,18)/b11-8-. The molecule has 2 aromatic rings. The average Bonchev–Trinajstić information content (AvgIpc) is 2.88. The highest BCUT2D eigenvalue weighted by Gasteiger charge is 2.15. The van der Waals surface area contributed by atoms with E-state index in [-0.39, 0.29) is 0 Å². The highest BCUT2D eigenvalue weighted by Crippen LogP contribution is 2.33. The van der Waals surface area contributed by atoms with Gasteiger partial charge in [0, 0.05) is 15.9 Å². The van der Waals surface area contributed by atoms with Crippen LogP contribution in [0.1, 0.15) is 9.67 Å². The van der Waals surface area contributed by atoms with Crippen LogP contribution in [0.15, 0.2) is 63.4 Å². The fourth-order valence-corrected chi connectivity index (χ4v) is 3.36. The maximum absolute atomic E-state index is 11.9. The molecule has 1 heterocycles. The Labute approximate surface area is 123 Å². The number of ketones is 1. The fraction of sp³-hybridized carbons (Fsp3) is 0. The zero-order valence-electron chi connectivity index (χ0n) is 10.1. The lowest BCUT2D eigenvalue weighted by Crippen LogP contribution is -2.03. The molecule has 1 aromatic carbocycles. The van der Waals surface area contributed by atoms with E-state index >= 15 is 0 Å². The van der Waals surface area contributed by atoms with Crippen LogP contribution in [0, 0.1) is 0 Å². The number of rotatable bonds is 5. The number of aliphatic hydroxyl groups is 1. The van der Waals surface area contributed by atoms with Crippen molar-refractivity contribution in [3.63, 3.8) is 0 Å². The Morgan fingerprint density at radius 1 is 1.10 bits per heavy atom. The molecule has 0 saturated carbocycles. The van der Waals surface area contributed by atoms with Crippen LogP contribution in [-0.2, 0) is 4.79 Å². The first-order valence-corrected chi connectivity index (χ1v) is 7.26. The Hall–Kier alpha value is -2.05. The molecule has 6 heteroatoms. The van der Waals surface area contributed by atoms with Crippen molar-refractivity contribution in [2.45, 2.75) is 9.79 Å². The number of aliphatic hydroxyl groups excluding tert-OH is 1. The van der Waals surface area contributed by atoms with Crippen LogP contribution in [0.3, 0.4) is 0 Å². The third kappa shape index (κ3) is 3.49. The van der Waals surface area contributed by atoms with Gasteiger partial charge in [-0.3, -0.25) is 4.79 Å². The van der Waals surface area contributed by atoms with E-state index in [1.165, 1.54) is 23.1 Å². The van der Waals surface area contributed by atoms with Crippen LogP contribution in [-0.4, -0.2) is 22.0 Å². The van der Waals surface area contributed by atoms with Gasteiger partial charge < -0.3 is 10.2 Å². The second kappa shape index (κ2) is 6.40. The number of thiophene rings is 1. The van der Waals surface area contributed by atoms with Gasteiger partial charge in [-0.25, -0.2) is 4.79 Å². The highest BCUT2D eigenvalue weighted by molar-refractivity contribution is 7.99. The normalized spacial score (nSPS) is 11.3. The Bertz CT molecular complexity index is 659. The largest absolute Gasteiger partial charge is 0.502 e. The van der Waals surface area contributed by atoms with E-state index in [2.05, 4.69) is 0 Å². The van der Waals surface area contributed by atoms with Crippen LogP contribution in [0.5, 0.6) is 0 Å². The summed E-state index contributed by atoms with van der Waals surface area (Å²) in [5.41, 5.74) is 0. The number of hydrogen-bond donors (Lipinski definition) is 2. The quantitative estimate of drug-likeness (QED) is 0.501. The minimum Gasteiger partial charge on any atom is -0.502 e. The summed E-state index contributed by atoms with van der Waals surface area (Å²) in [6.45, 7) is 0. The molecule has 0 fully saturated rings. The average molecular weight is 306 g/mol. The van der Waals surface area contributed by atoms with Gasteiger partial charge in [-0.1, -0.05) is 30.0 Å². The number of benzene rings is 1. The first-order valence-electron chi connectivity index (χ1n) is 5.56. The molecular weight excluding hydrogens is 296 g/mol. The van der Waals surface area contributed by atoms with Crippen LogP contribution >= 0.6 is 23.1 Å². The lowest BCUT2D eigenvalue weighted by atomic mass is 10.3. The van der Waals surface area contributed by atoms with Gasteiger partial charge >= 0.3 is 5.97 Å². The molecule has 2 N–H and O–H groups in total. The number of allylic oxidation sites excluding steroid dienone is 1. The van der Waals surface area contributed by atoms with Crippen molar-refractivity contribution >= 4 is 34.9 Å². The summed E-state index contributed by atoms with van der Waals surface area (Å²) in [5, 5.41) is 19.4. The maximum Gasteiger partial charge on any atom is 0.371 e. The number of carboxylic acids is 1. The van der Waals surface area contributed by atoms with Gasteiger partial charge in [0.2, 0.25) is 11.5 Å². The van der Waals surface area contributed by atoms with E-state index in [0.29, 0.717) is 4.88 Å². The Morgan fingerprint density at radius 3 is 2.45 bits per heavy atom. The van der Waals surface area contributed by atoms with E-state index in [4.69, 9.17) is 10.2 Å². The fourth-order valence-electron chi connectivity index (χ4n) is 1.42. The molecule has 2 rings (SSSR count). The van der Waals surface area contributed by atoms with Gasteiger partial charge in [-0.05, 0) is 23.6 Å². The van der Waals surface area contributed by atoms with Crippen LogP contribution in [0.4, 0.5) is 0 Å². The molecule has 0 amide bonds. The molecule has 0 unspecified atom stereocenters. The van der Waals surface area contributed by atoms with Gasteiger partial charge in [0.05, 0.1) is 4.88 Å². The SMILES string of the molecule is O=C(O)/C(O)=C/C(=O)c1sccc1Sc1ccccc1. The summed E-state index contributed by atoms with van der Waals surface area (Å²) in [4.78, 5) is 24.6. The van der Waals surface area contributed by atoms with Crippen molar-refractivity contribution in [3.8, 4) is 0 Å². The number of carbonyl (C=O) groups excluding carboxylic acids is 1. The lowest BCUT2D eigenvalue weighted by molar-refractivity contribution is -0.135. The van der Waals surface area contributed by atoms with Crippen molar-refractivity contribution in [1.29, 1.82) is 0 Å². The third-order valence-electron chi connectivity index (χ3n) is 2.31.